The summed E-state index contributed by atoms with van der Waals surface area (Å²) in [6, 6.07) is 11.0. The molecule has 1 aliphatic heterocycles. The average molecular weight is 336 g/mol. The second-order valence-electron chi connectivity index (χ2n) is 6.70. The summed E-state index contributed by atoms with van der Waals surface area (Å²) in [5.41, 5.74) is 4.60. The van der Waals surface area contributed by atoms with E-state index in [1.807, 2.05) is 12.1 Å². The maximum Gasteiger partial charge on any atom is 0.269 e. The molecule has 0 saturated heterocycles. The first kappa shape index (κ1) is 15.7. The molecule has 3 atom stereocenters. The van der Waals surface area contributed by atoms with Crippen molar-refractivity contribution in [1.82, 2.24) is 0 Å². The third kappa shape index (κ3) is 2.47. The van der Waals surface area contributed by atoms with E-state index >= 15 is 0 Å². The Balaban J connectivity index is 1.84. The van der Waals surface area contributed by atoms with Gasteiger partial charge in [-0.1, -0.05) is 30.4 Å². The van der Waals surface area contributed by atoms with E-state index in [9.17, 15) is 10.1 Å². The van der Waals surface area contributed by atoms with E-state index in [2.05, 4.69) is 30.5 Å². The summed E-state index contributed by atoms with van der Waals surface area (Å²) in [5, 5.41) is 14.8. The van der Waals surface area contributed by atoms with E-state index in [0.29, 0.717) is 11.8 Å². The lowest BCUT2D eigenvalue weighted by atomic mass is 9.75. The number of anilines is 1. The van der Waals surface area contributed by atoms with Gasteiger partial charge in [-0.3, -0.25) is 10.1 Å². The Bertz CT molecular complexity index is 875. The Morgan fingerprint density at radius 1 is 1.28 bits per heavy atom. The highest BCUT2D eigenvalue weighted by Crippen LogP contribution is 2.53. The van der Waals surface area contributed by atoms with Crippen LogP contribution in [-0.2, 0) is 0 Å². The second kappa shape index (κ2) is 5.92. The Morgan fingerprint density at radius 3 is 2.88 bits per heavy atom. The molecular formula is C20H20N2O3. The first-order valence-corrected chi connectivity index (χ1v) is 8.45. The molecule has 1 aliphatic carbocycles. The van der Waals surface area contributed by atoms with Crippen molar-refractivity contribution < 1.29 is 9.66 Å². The van der Waals surface area contributed by atoms with Gasteiger partial charge in [0.15, 0.2) is 0 Å². The van der Waals surface area contributed by atoms with Crippen LogP contribution in [0.3, 0.4) is 0 Å². The van der Waals surface area contributed by atoms with Crippen molar-refractivity contribution in [2.45, 2.75) is 25.3 Å². The number of nitro benzene ring substituents is 1. The molecule has 4 rings (SSSR count). The molecule has 5 nitrogen and oxygen atoms in total. The molecule has 1 N–H and O–H groups in total. The van der Waals surface area contributed by atoms with Crippen LogP contribution in [0.25, 0.3) is 0 Å². The number of nitrogens with zero attached hydrogens (tertiary/aromatic N) is 1. The summed E-state index contributed by atoms with van der Waals surface area (Å²) in [5.74, 6) is 1.46. The molecule has 5 heteroatoms. The van der Waals surface area contributed by atoms with E-state index in [4.69, 9.17) is 4.74 Å². The van der Waals surface area contributed by atoms with Crippen LogP contribution in [0.5, 0.6) is 5.75 Å². The highest BCUT2D eigenvalue weighted by Gasteiger charge is 2.40. The fourth-order valence-corrected chi connectivity index (χ4v) is 4.20. The average Bonchev–Trinajstić information content (AvgIpc) is 3.11. The smallest absolute Gasteiger partial charge is 0.269 e. The first-order chi connectivity index (χ1) is 12.1. The lowest BCUT2D eigenvalue weighted by Crippen LogP contribution is -2.30. The molecule has 1 heterocycles. The van der Waals surface area contributed by atoms with Gasteiger partial charge in [0, 0.05) is 18.1 Å². The minimum absolute atomic E-state index is 0.0168. The quantitative estimate of drug-likeness (QED) is 0.499. The molecule has 0 spiro atoms. The number of fused-ring (bicyclic) bond motifs is 3. The van der Waals surface area contributed by atoms with Crippen LogP contribution in [0.1, 0.15) is 35.1 Å². The third-order valence-electron chi connectivity index (χ3n) is 5.36. The van der Waals surface area contributed by atoms with Crippen molar-refractivity contribution in [2.24, 2.45) is 5.92 Å². The summed E-state index contributed by atoms with van der Waals surface area (Å²) in [6.45, 7) is 2.12. The maximum absolute atomic E-state index is 11.2. The summed E-state index contributed by atoms with van der Waals surface area (Å²) >= 11 is 0. The Hall–Kier alpha value is -2.82. The van der Waals surface area contributed by atoms with Crippen LogP contribution < -0.4 is 10.1 Å². The van der Waals surface area contributed by atoms with Gasteiger partial charge in [0.25, 0.3) is 5.69 Å². The Kier molecular flexibility index (Phi) is 3.71. The van der Waals surface area contributed by atoms with Crippen LogP contribution in [0.2, 0.25) is 0 Å². The molecule has 0 unspecified atom stereocenters. The lowest BCUT2D eigenvalue weighted by molar-refractivity contribution is -0.384. The molecule has 0 amide bonds. The van der Waals surface area contributed by atoms with Crippen molar-refractivity contribution in [1.29, 1.82) is 0 Å². The topological polar surface area (TPSA) is 64.4 Å². The number of non-ortho nitro benzene ring substituents is 1. The van der Waals surface area contributed by atoms with Gasteiger partial charge in [-0.25, -0.2) is 0 Å². The molecular weight excluding hydrogens is 316 g/mol. The van der Waals surface area contributed by atoms with Crippen molar-refractivity contribution in [2.75, 3.05) is 12.4 Å². The van der Waals surface area contributed by atoms with Crippen LogP contribution in [0.15, 0.2) is 48.6 Å². The summed E-state index contributed by atoms with van der Waals surface area (Å²) in [4.78, 5) is 10.8. The SMILES string of the molecule is COc1ccc(C)c2c1N[C@@H](c1cccc([N+](=O)[O-])c1)[C@H]1CC=C[C@@H]21. The first-order valence-electron chi connectivity index (χ1n) is 8.45. The molecule has 0 saturated carbocycles. The van der Waals surface area contributed by atoms with Gasteiger partial charge in [0.05, 0.1) is 23.8 Å². The standard InChI is InChI=1S/C20H20N2O3/c1-12-9-10-17(25-2)20-18(12)15-7-4-8-16(15)19(21-20)13-5-3-6-14(11-13)22(23)24/h3-7,9-11,15-16,19,21H,8H2,1-2H3/t15-,16+,19+/m1/s1. The minimum Gasteiger partial charge on any atom is -0.495 e. The van der Waals surface area contributed by atoms with E-state index in [1.165, 1.54) is 17.2 Å². The molecule has 0 radical (unpaired) electrons. The predicted octanol–water partition coefficient (Wildman–Crippen LogP) is 4.74. The Morgan fingerprint density at radius 2 is 2.12 bits per heavy atom. The number of nitrogens with one attached hydrogen (secondary N) is 1. The van der Waals surface area contributed by atoms with Crippen molar-refractivity contribution in [3.05, 3.63) is 75.4 Å². The maximum atomic E-state index is 11.2. The monoisotopic (exact) mass is 336 g/mol. The highest BCUT2D eigenvalue weighted by molar-refractivity contribution is 5.70. The van der Waals surface area contributed by atoms with Crippen molar-refractivity contribution >= 4 is 11.4 Å². The molecule has 2 aromatic rings. The number of hydrogen-bond acceptors (Lipinski definition) is 4. The fourth-order valence-electron chi connectivity index (χ4n) is 4.20. The zero-order valence-corrected chi connectivity index (χ0v) is 14.2. The van der Waals surface area contributed by atoms with Crippen LogP contribution >= 0.6 is 0 Å². The number of methoxy groups -OCH3 is 1. The van der Waals surface area contributed by atoms with Gasteiger partial charge in [0.1, 0.15) is 5.75 Å². The summed E-state index contributed by atoms with van der Waals surface area (Å²) in [7, 11) is 1.67. The van der Waals surface area contributed by atoms with Gasteiger partial charge >= 0.3 is 0 Å². The third-order valence-corrected chi connectivity index (χ3v) is 5.36. The predicted molar refractivity (Wildman–Crippen MR) is 97.2 cm³/mol. The van der Waals surface area contributed by atoms with Crippen LogP contribution in [-0.4, -0.2) is 12.0 Å². The fraction of sp³-hybridized carbons (Fsp3) is 0.300. The van der Waals surface area contributed by atoms with E-state index in [0.717, 1.165) is 23.4 Å². The van der Waals surface area contributed by atoms with E-state index in [1.54, 1.807) is 19.2 Å². The highest BCUT2D eigenvalue weighted by atomic mass is 16.6. The van der Waals surface area contributed by atoms with Gasteiger partial charge in [0.2, 0.25) is 0 Å². The van der Waals surface area contributed by atoms with Crippen LogP contribution in [0.4, 0.5) is 11.4 Å². The van der Waals surface area contributed by atoms with Crippen molar-refractivity contribution in [3.8, 4) is 5.75 Å². The molecule has 0 bridgehead atoms. The number of benzene rings is 2. The second-order valence-corrected chi connectivity index (χ2v) is 6.70. The van der Waals surface area contributed by atoms with Gasteiger partial charge < -0.3 is 10.1 Å². The summed E-state index contributed by atoms with van der Waals surface area (Å²) in [6.07, 6.45) is 5.44. The molecule has 0 fully saturated rings. The normalized spacial score (nSPS) is 23.5. The van der Waals surface area contributed by atoms with Gasteiger partial charge in [-0.15, -0.1) is 0 Å². The van der Waals surface area contributed by atoms with E-state index in [-0.39, 0.29) is 16.7 Å². The molecule has 2 aliphatic rings. The largest absolute Gasteiger partial charge is 0.495 e. The zero-order valence-electron chi connectivity index (χ0n) is 14.2. The number of nitro groups is 1. The summed E-state index contributed by atoms with van der Waals surface area (Å²) < 4.78 is 5.57. The number of rotatable bonds is 3. The van der Waals surface area contributed by atoms with Gasteiger partial charge in [-0.2, -0.15) is 0 Å². The molecule has 128 valence electrons. The molecule has 0 aromatic heterocycles. The molecule has 2 aromatic carbocycles. The van der Waals surface area contributed by atoms with Crippen LogP contribution in [0, 0.1) is 23.0 Å². The lowest BCUT2D eigenvalue weighted by Gasteiger charge is -2.39. The Labute approximate surface area is 146 Å². The number of ether oxygens (including phenoxy) is 1. The zero-order chi connectivity index (χ0) is 17.6. The molecule has 25 heavy (non-hydrogen) atoms. The minimum atomic E-state index is -0.338. The number of hydrogen-bond donors (Lipinski definition) is 1. The number of aryl methyl sites for hydroxylation is 1. The van der Waals surface area contributed by atoms with Gasteiger partial charge in [-0.05, 0) is 42.0 Å². The number of allylic oxidation sites excluding steroid dienone is 2. The van der Waals surface area contributed by atoms with Crippen molar-refractivity contribution in [3.63, 3.8) is 0 Å². The van der Waals surface area contributed by atoms with E-state index < -0.39 is 0 Å².